The van der Waals surface area contributed by atoms with Crippen LogP contribution in [0.15, 0.2) is 22.8 Å². The number of hydrogen-bond donors (Lipinski definition) is 1. The molecule has 0 spiro atoms. The number of hydrogen-bond acceptors (Lipinski definition) is 4. The van der Waals surface area contributed by atoms with Gasteiger partial charge in [0.05, 0.1) is 12.3 Å². The molecule has 0 aliphatic carbocycles. The van der Waals surface area contributed by atoms with Crippen LogP contribution in [0.4, 0.5) is 0 Å². The van der Waals surface area contributed by atoms with Crippen LogP contribution < -0.4 is 5.32 Å². The summed E-state index contributed by atoms with van der Waals surface area (Å²) >= 11 is 0. The van der Waals surface area contributed by atoms with Crippen molar-refractivity contribution in [3.05, 3.63) is 24.2 Å². The third-order valence-electron chi connectivity index (χ3n) is 5.00. The molecule has 0 saturated carbocycles. The van der Waals surface area contributed by atoms with Crippen LogP contribution in [0.2, 0.25) is 0 Å². The van der Waals surface area contributed by atoms with E-state index in [1.807, 2.05) is 12.1 Å². The molecule has 21 heavy (non-hydrogen) atoms. The Morgan fingerprint density at radius 1 is 1.29 bits per heavy atom. The van der Waals surface area contributed by atoms with Gasteiger partial charge in [0, 0.05) is 25.7 Å². The summed E-state index contributed by atoms with van der Waals surface area (Å²) in [5.74, 6) is 1.03. The third-order valence-corrected chi connectivity index (χ3v) is 5.00. The highest BCUT2D eigenvalue weighted by molar-refractivity contribution is 5.02. The number of likely N-dealkylation sites (tertiary alicyclic amines) is 2. The molecule has 0 aromatic carbocycles. The first kappa shape index (κ1) is 15.1. The zero-order valence-electron chi connectivity index (χ0n) is 13.3. The van der Waals surface area contributed by atoms with Gasteiger partial charge in [-0.15, -0.1) is 0 Å². The normalized spacial score (nSPS) is 26.2. The molecule has 118 valence electrons. The van der Waals surface area contributed by atoms with Crippen LogP contribution in [0.5, 0.6) is 0 Å². The van der Waals surface area contributed by atoms with Gasteiger partial charge >= 0.3 is 0 Å². The summed E-state index contributed by atoms with van der Waals surface area (Å²) in [6.45, 7) is 9.52. The summed E-state index contributed by atoms with van der Waals surface area (Å²) in [5, 5.41) is 3.56. The van der Waals surface area contributed by atoms with E-state index in [9.17, 15) is 0 Å². The Bertz CT molecular complexity index is 400. The van der Waals surface area contributed by atoms with Crippen molar-refractivity contribution in [3.63, 3.8) is 0 Å². The highest BCUT2D eigenvalue weighted by Gasteiger charge is 2.27. The summed E-state index contributed by atoms with van der Waals surface area (Å²) in [4.78, 5) is 5.34. The van der Waals surface area contributed by atoms with Gasteiger partial charge in [-0.1, -0.05) is 6.42 Å². The Morgan fingerprint density at radius 3 is 2.90 bits per heavy atom. The Hall–Kier alpha value is -0.840. The quantitative estimate of drug-likeness (QED) is 0.872. The molecular formula is C17H29N3O. The topological polar surface area (TPSA) is 31.6 Å². The van der Waals surface area contributed by atoms with E-state index in [4.69, 9.17) is 4.42 Å². The third kappa shape index (κ3) is 4.09. The van der Waals surface area contributed by atoms with E-state index in [1.54, 1.807) is 6.26 Å². The van der Waals surface area contributed by atoms with Crippen molar-refractivity contribution >= 4 is 0 Å². The van der Waals surface area contributed by atoms with Crippen LogP contribution >= 0.6 is 0 Å². The van der Waals surface area contributed by atoms with Crippen molar-refractivity contribution < 1.29 is 4.42 Å². The molecular weight excluding hydrogens is 262 g/mol. The maximum Gasteiger partial charge on any atom is 0.120 e. The smallest absolute Gasteiger partial charge is 0.120 e. The molecule has 1 N–H and O–H groups in total. The lowest BCUT2D eigenvalue weighted by molar-refractivity contribution is 0.162. The monoisotopic (exact) mass is 291 g/mol. The van der Waals surface area contributed by atoms with Crippen molar-refractivity contribution in [2.45, 2.75) is 44.7 Å². The minimum atomic E-state index is 0.306. The SMILES string of the molecule is CC(NCCN1CCC(N2CCCCC2)C1)c1ccco1. The first-order chi connectivity index (χ1) is 10.3. The highest BCUT2D eigenvalue weighted by atomic mass is 16.3. The average Bonchev–Trinajstić information content (AvgIpc) is 3.20. The lowest BCUT2D eigenvalue weighted by Gasteiger charge is -2.32. The Kier molecular flexibility index (Phi) is 5.33. The molecule has 0 amide bonds. The summed E-state index contributed by atoms with van der Waals surface area (Å²) in [6, 6.07) is 5.12. The molecule has 3 heterocycles. The van der Waals surface area contributed by atoms with Gasteiger partial charge < -0.3 is 14.6 Å². The van der Waals surface area contributed by atoms with Crippen molar-refractivity contribution in [1.29, 1.82) is 0 Å². The summed E-state index contributed by atoms with van der Waals surface area (Å²) < 4.78 is 5.43. The van der Waals surface area contributed by atoms with Gasteiger partial charge in [0.1, 0.15) is 5.76 Å². The van der Waals surface area contributed by atoms with E-state index in [2.05, 4.69) is 22.0 Å². The van der Waals surface area contributed by atoms with Crippen LogP contribution in [-0.2, 0) is 0 Å². The molecule has 0 bridgehead atoms. The zero-order valence-corrected chi connectivity index (χ0v) is 13.3. The fourth-order valence-corrected chi connectivity index (χ4v) is 3.67. The van der Waals surface area contributed by atoms with Crippen molar-refractivity contribution in [2.75, 3.05) is 39.3 Å². The van der Waals surface area contributed by atoms with E-state index in [0.717, 1.165) is 24.9 Å². The molecule has 2 atom stereocenters. The highest BCUT2D eigenvalue weighted by Crippen LogP contribution is 2.20. The molecule has 2 aliphatic rings. The van der Waals surface area contributed by atoms with Crippen LogP contribution in [0, 0.1) is 0 Å². The molecule has 0 radical (unpaired) electrons. The summed E-state index contributed by atoms with van der Waals surface area (Å²) in [6.07, 6.45) is 7.34. The number of nitrogens with one attached hydrogen (secondary N) is 1. The number of piperidine rings is 1. The van der Waals surface area contributed by atoms with Crippen molar-refractivity contribution in [2.24, 2.45) is 0 Å². The number of furan rings is 1. The molecule has 4 nitrogen and oxygen atoms in total. The van der Waals surface area contributed by atoms with E-state index < -0.39 is 0 Å². The van der Waals surface area contributed by atoms with Gasteiger partial charge in [0.2, 0.25) is 0 Å². The first-order valence-electron chi connectivity index (χ1n) is 8.56. The van der Waals surface area contributed by atoms with Gasteiger partial charge in [-0.25, -0.2) is 0 Å². The van der Waals surface area contributed by atoms with Crippen LogP contribution in [0.3, 0.4) is 0 Å². The lowest BCUT2D eigenvalue weighted by atomic mass is 10.1. The van der Waals surface area contributed by atoms with E-state index in [1.165, 1.54) is 51.9 Å². The maximum absolute atomic E-state index is 5.43. The van der Waals surface area contributed by atoms with Crippen LogP contribution in [0.25, 0.3) is 0 Å². The van der Waals surface area contributed by atoms with Crippen LogP contribution in [-0.4, -0.2) is 55.1 Å². The zero-order chi connectivity index (χ0) is 14.5. The largest absolute Gasteiger partial charge is 0.468 e. The maximum atomic E-state index is 5.43. The second kappa shape index (κ2) is 7.43. The molecule has 4 heteroatoms. The van der Waals surface area contributed by atoms with Gasteiger partial charge in [0.15, 0.2) is 0 Å². The lowest BCUT2D eigenvalue weighted by Crippen LogP contribution is -2.41. The number of rotatable bonds is 6. The number of nitrogens with zero attached hydrogens (tertiary/aromatic N) is 2. The van der Waals surface area contributed by atoms with Gasteiger partial charge in [-0.05, 0) is 58.0 Å². The summed E-state index contributed by atoms with van der Waals surface area (Å²) in [7, 11) is 0. The second-order valence-electron chi connectivity index (χ2n) is 6.53. The molecule has 2 saturated heterocycles. The average molecular weight is 291 g/mol. The van der Waals surface area contributed by atoms with E-state index in [-0.39, 0.29) is 0 Å². The second-order valence-corrected chi connectivity index (χ2v) is 6.53. The minimum Gasteiger partial charge on any atom is -0.468 e. The van der Waals surface area contributed by atoms with Gasteiger partial charge in [-0.3, -0.25) is 4.90 Å². The fourth-order valence-electron chi connectivity index (χ4n) is 3.67. The van der Waals surface area contributed by atoms with E-state index in [0.29, 0.717) is 6.04 Å². The molecule has 2 fully saturated rings. The molecule has 1 aromatic rings. The van der Waals surface area contributed by atoms with Crippen LogP contribution in [0.1, 0.15) is 44.4 Å². The Labute approximate surface area is 128 Å². The molecule has 1 aromatic heterocycles. The van der Waals surface area contributed by atoms with Crippen molar-refractivity contribution in [3.8, 4) is 0 Å². The standard InChI is InChI=1S/C17H29N3O/c1-15(17-6-5-13-21-17)18-8-12-19-11-7-16(14-19)20-9-3-2-4-10-20/h5-6,13,15-16,18H,2-4,7-12,14H2,1H3. The molecule has 2 aliphatic heterocycles. The van der Waals surface area contributed by atoms with Gasteiger partial charge in [-0.2, -0.15) is 0 Å². The molecule has 2 unspecified atom stereocenters. The van der Waals surface area contributed by atoms with Crippen molar-refractivity contribution in [1.82, 2.24) is 15.1 Å². The molecule has 3 rings (SSSR count). The summed E-state index contributed by atoms with van der Waals surface area (Å²) in [5.41, 5.74) is 0. The fraction of sp³-hybridized carbons (Fsp3) is 0.765. The predicted octanol–water partition coefficient (Wildman–Crippen LogP) is 2.49. The Morgan fingerprint density at radius 2 is 2.14 bits per heavy atom. The van der Waals surface area contributed by atoms with Gasteiger partial charge in [0.25, 0.3) is 0 Å². The first-order valence-corrected chi connectivity index (χ1v) is 8.56. The minimum absolute atomic E-state index is 0.306. The predicted molar refractivity (Wildman–Crippen MR) is 85.4 cm³/mol. The van der Waals surface area contributed by atoms with E-state index >= 15 is 0 Å². The Balaban J connectivity index is 1.35.